The van der Waals surface area contributed by atoms with Crippen LogP contribution >= 0.6 is 11.6 Å². The minimum Gasteiger partial charge on any atom is -0.462 e. The number of hydrogen-bond acceptors (Lipinski definition) is 3. The Hall–Kier alpha value is -1.83. The van der Waals surface area contributed by atoms with Gasteiger partial charge in [-0.3, -0.25) is 4.40 Å². The monoisotopic (exact) mass is 434 g/mol. The maximum Gasteiger partial charge on any atom is 0.339 e. The summed E-state index contributed by atoms with van der Waals surface area (Å²) in [5.41, 5.74) is 0.417. The standard InChI is InChI=1S/C20H23ClF4N2O2/c1-4-29-18(28)13-10-15-26-17(19(3,22)23)14(27(15)11(2)16(13)21)9-12-5-7-20(24,25)8-6-12/h10,12H,4-9H2,1-3H3. The van der Waals surface area contributed by atoms with Crippen molar-refractivity contribution in [3.63, 3.8) is 0 Å². The van der Waals surface area contributed by atoms with E-state index in [2.05, 4.69) is 4.98 Å². The molecule has 29 heavy (non-hydrogen) atoms. The summed E-state index contributed by atoms with van der Waals surface area (Å²) in [4.78, 5) is 16.2. The van der Waals surface area contributed by atoms with Crippen LogP contribution in [-0.2, 0) is 17.1 Å². The summed E-state index contributed by atoms with van der Waals surface area (Å²) < 4.78 is 62.1. The molecule has 160 valence electrons. The Morgan fingerprint density at radius 3 is 2.55 bits per heavy atom. The minimum absolute atomic E-state index is 0.0540. The molecule has 2 heterocycles. The predicted molar refractivity (Wildman–Crippen MR) is 101 cm³/mol. The number of carbonyl (C=O) groups is 1. The fourth-order valence-electron chi connectivity index (χ4n) is 3.90. The first-order valence-corrected chi connectivity index (χ1v) is 9.96. The second kappa shape index (κ2) is 7.78. The molecule has 0 atom stereocenters. The molecule has 3 rings (SSSR count). The molecular formula is C20H23ClF4N2O2. The van der Waals surface area contributed by atoms with Gasteiger partial charge in [-0.25, -0.2) is 18.6 Å². The Bertz CT molecular complexity index is 927. The van der Waals surface area contributed by atoms with Gasteiger partial charge in [0.1, 0.15) is 11.3 Å². The number of nitrogens with zero attached hydrogens (tertiary/aromatic N) is 2. The highest BCUT2D eigenvalue weighted by Gasteiger charge is 2.38. The highest BCUT2D eigenvalue weighted by atomic mass is 35.5. The number of hydrogen-bond donors (Lipinski definition) is 0. The number of pyridine rings is 1. The van der Waals surface area contributed by atoms with Gasteiger partial charge >= 0.3 is 5.97 Å². The van der Waals surface area contributed by atoms with Gasteiger partial charge in [-0.1, -0.05) is 11.6 Å². The number of alkyl halides is 4. The third-order valence-electron chi connectivity index (χ3n) is 5.39. The zero-order valence-corrected chi connectivity index (χ0v) is 17.3. The van der Waals surface area contributed by atoms with E-state index in [1.807, 2.05) is 0 Å². The Labute approximate surface area is 171 Å². The van der Waals surface area contributed by atoms with Gasteiger partial charge in [-0.15, -0.1) is 0 Å². The quantitative estimate of drug-likeness (QED) is 0.431. The molecule has 9 heteroatoms. The number of aryl methyl sites for hydroxylation is 1. The topological polar surface area (TPSA) is 43.6 Å². The first-order valence-electron chi connectivity index (χ1n) is 9.58. The van der Waals surface area contributed by atoms with Gasteiger partial charge in [0.15, 0.2) is 0 Å². The summed E-state index contributed by atoms with van der Waals surface area (Å²) in [5, 5.41) is 0.0933. The van der Waals surface area contributed by atoms with Crippen molar-refractivity contribution in [2.45, 2.75) is 64.7 Å². The number of fused-ring (bicyclic) bond motifs is 1. The van der Waals surface area contributed by atoms with E-state index in [1.165, 1.54) is 10.5 Å². The fraction of sp³-hybridized carbons (Fsp3) is 0.600. The lowest BCUT2D eigenvalue weighted by Crippen LogP contribution is -2.26. The number of halogens is 5. The average Bonchev–Trinajstić information content (AvgIpc) is 2.99. The second-order valence-corrected chi connectivity index (χ2v) is 8.05. The Morgan fingerprint density at radius 2 is 2.00 bits per heavy atom. The molecule has 0 unspecified atom stereocenters. The SMILES string of the molecule is CCOC(=O)c1cc2nc(C(C)(F)F)c(CC3CCC(F)(F)CC3)n2c(C)c1Cl. The van der Waals surface area contributed by atoms with E-state index in [0.717, 1.165) is 6.92 Å². The third kappa shape index (κ3) is 4.37. The van der Waals surface area contributed by atoms with E-state index in [4.69, 9.17) is 16.3 Å². The minimum atomic E-state index is -3.23. The van der Waals surface area contributed by atoms with Crippen LogP contribution in [0.3, 0.4) is 0 Å². The van der Waals surface area contributed by atoms with Crippen molar-refractivity contribution in [2.24, 2.45) is 5.92 Å². The van der Waals surface area contributed by atoms with Crippen LogP contribution in [0.25, 0.3) is 5.65 Å². The molecule has 0 saturated heterocycles. The maximum atomic E-state index is 14.3. The van der Waals surface area contributed by atoms with Crippen LogP contribution in [0.15, 0.2) is 6.07 Å². The molecule has 1 aliphatic rings. The van der Waals surface area contributed by atoms with Gasteiger partial charge in [-0.2, -0.15) is 8.78 Å². The van der Waals surface area contributed by atoms with Crippen LogP contribution in [-0.4, -0.2) is 27.9 Å². The van der Waals surface area contributed by atoms with Crippen LogP contribution in [0.5, 0.6) is 0 Å². The summed E-state index contributed by atoms with van der Waals surface area (Å²) in [6.45, 7) is 4.14. The molecule has 1 saturated carbocycles. The first-order chi connectivity index (χ1) is 13.4. The summed E-state index contributed by atoms with van der Waals surface area (Å²) in [6.07, 6.45) is 0.190. The zero-order valence-electron chi connectivity index (χ0n) is 16.5. The first kappa shape index (κ1) is 21.9. The smallest absolute Gasteiger partial charge is 0.339 e. The number of esters is 1. The Morgan fingerprint density at radius 1 is 1.38 bits per heavy atom. The lowest BCUT2D eigenvalue weighted by molar-refractivity contribution is -0.0460. The van der Waals surface area contributed by atoms with Gasteiger partial charge in [0, 0.05) is 25.5 Å². The van der Waals surface area contributed by atoms with Gasteiger partial charge < -0.3 is 4.74 Å². The molecule has 2 aromatic rings. The molecular weight excluding hydrogens is 412 g/mol. The van der Waals surface area contributed by atoms with E-state index in [-0.39, 0.29) is 66.6 Å². The van der Waals surface area contributed by atoms with Gasteiger partial charge in [0.2, 0.25) is 5.92 Å². The molecule has 0 spiro atoms. The molecule has 1 fully saturated rings. The molecule has 4 nitrogen and oxygen atoms in total. The highest BCUT2D eigenvalue weighted by molar-refractivity contribution is 6.34. The van der Waals surface area contributed by atoms with Crippen LogP contribution in [0.4, 0.5) is 17.6 Å². The summed E-state index contributed by atoms with van der Waals surface area (Å²) >= 11 is 6.34. The number of aromatic nitrogens is 2. The normalized spacial score (nSPS) is 17.7. The molecule has 0 amide bonds. The van der Waals surface area contributed by atoms with Gasteiger partial charge in [-0.05, 0) is 45.1 Å². The van der Waals surface area contributed by atoms with Crippen molar-refractivity contribution in [1.82, 2.24) is 9.38 Å². The van der Waals surface area contributed by atoms with E-state index >= 15 is 0 Å². The number of rotatable bonds is 5. The van der Waals surface area contributed by atoms with Crippen molar-refractivity contribution in [2.75, 3.05) is 6.61 Å². The van der Waals surface area contributed by atoms with E-state index in [9.17, 15) is 22.4 Å². The van der Waals surface area contributed by atoms with Crippen molar-refractivity contribution in [3.8, 4) is 0 Å². The molecule has 0 aliphatic heterocycles. The Kier molecular flexibility index (Phi) is 5.87. The van der Waals surface area contributed by atoms with Crippen molar-refractivity contribution in [1.29, 1.82) is 0 Å². The molecule has 0 N–H and O–H groups in total. The molecule has 1 aliphatic carbocycles. The number of imidazole rings is 1. The largest absolute Gasteiger partial charge is 0.462 e. The van der Waals surface area contributed by atoms with Crippen LogP contribution in [0, 0.1) is 12.8 Å². The van der Waals surface area contributed by atoms with E-state index in [1.54, 1.807) is 13.8 Å². The molecule has 0 bridgehead atoms. The summed E-state index contributed by atoms with van der Waals surface area (Å²) in [5.74, 6) is -6.74. The second-order valence-electron chi connectivity index (χ2n) is 7.67. The Balaban J connectivity index is 2.10. The van der Waals surface area contributed by atoms with Crippen LogP contribution in [0.2, 0.25) is 5.02 Å². The average molecular weight is 435 g/mol. The van der Waals surface area contributed by atoms with Gasteiger partial charge in [0.05, 0.1) is 22.9 Å². The zero-order chi connectivity index (χ0) is 21.6. The lowest BCUT2D eigenvalue weighted by Gasteiger charge is -2.28. The third-order valence-corrected chi connectivity index (χ3v) is 5.87. The molecule has 2 aromatic heterocycles. The predicted octanol–water partition coefficient (Wildman–Crippen LogP) is 5.95. The maximum absolute atomic E-state index is 14.3. The lowest BCUT2D eigenvalue weighted by atomic mass is 9.83. The number of carbonyl (C=O) groups excluding carboxylic acids is 1. The molecule has 0 radical (unpaired) electrons. The van der Waals surface area contributed by atoms with Crippen LogP contribution in [0.1, 0.15) is 67.0 Å². The van der Waals surface area contributed by atoms with E-state index in [0.29, 0.717) is 5.69 Å². The highest BCUT2D eigenvalue weighted by Crippen LogP contribution is 2.40. The number of ether oxygens (including phenoxy) is 1. The fourth-order valence-corrected chi connectivity index (χ4v) is 4.12. The summed E-state index contributed by atoms with van der Waals surface area (Å²) in [7, 11) is 0. The van der Waals surface area contributed by atoms with Gasteiger partial charge in [0.25, 0.3) is 5.92 Å². The van der Waals surface area contributed by atoms with Crippen molar-refractivity contribution >= 4 is 23.2 Å². The van der Waals surface area contributed by atoms with E-state index < -0.39 is 23.5 Å². The van der Waals surface area contributed by atoms with Crippen molar-refractivity contribution in [3.05, 3.63) is 33.7 Å². The summed E-state index contributed by atoms with van der Waals surface area (Å²) in [6, 6.07) is 1.33. The van der Waals surface area contributed by atoms with Crippen LogP contribution < -0.4 is 0 Å². The molecule has 0 aromatic carbocycles. The van der Waals surface area contributed by atoms with Crippen molar-refractivity contribution < 1.29 is 27.1 Å².